The molecule has 0 spiro atoms. The zero-order valence-electron chi connectivity index (χ0n) is 7.86. The highest BCUT2D eigenvalue weighted by atomic mass is 19.1. The number of nitrogens with two attached hydrogens (primary N) is 1. The molecule has 5 heteroatoms. The summed E-state index contributed by atoms with van der Waals surface area (Å²) in [5.74, 6) is 1.10. The molecule has 0 unspecified atom stereocenters. The van der Waals surface area contributed by atoms with E-state index >= 15 is 0 Å². The molecule has 0 atom stereocenters. The first-order valence-corrected chi connectivity index (χ1v) is 4.73. The number of piperidine rings is 1. The van der Waals surface area contributed by atoms with Gasteiger partial charge in [0.1, 0.15) is 6.17 Å². The third kappa shape index (κ3) is 1.76. The summed E-state index contributed by atoms with van der Waals surface area (Å²) in [6.45, 7) is 1.34. The maximum atomic E-state index is 12.9. The van der Waals surface area contributed by atoms with Crippen molar-refractivity contribution in [1.82, 2.24) is 9.97 Å². The van der Waals surface area contributed by atoms with Gasteiger partial charge in [-0.1, -0.05) is 0 Å². The van der Waals surface area contributed by atoms with E-state index in [-0.39, 0.29) is 0 Å². The Morgan fingerprint density at radius 1 is 1.29 bits per heavy atom. The molecule has 2 heterocycles. The monoisotopic (exact) mass is 196 g/mol. The minimum Gasteiger partial charge on any atom is -0.381 e. The van der Waals surface area contributed by atoms with E-state index < -0.39 is 6.17 Å². The highest BCUT2D eigenvalue weighted by molar-refractivity contribution is 5.57. The second kappa shape index (κ2) is 3.77. The van der Waals surface area contributed by atoms with Gasteiger partial charge in [-0.05, 0) is 12.8 Å². The Labute approximate surface area is 82.0 Å². The maximum absolute atomic E-state index is 12.9. The Hall–Kier alpha value is -1.39. The van der Waals surface area contributed by atoms with Crippen molar-refractivity contribution in [1.29, 1.82) is 0 Å². The lowest BCUT2D eigenvalue weighted by molar-refractivity contribution is 0.277. The van der Waals surface area contributed by atoms with Crippen LogP contribution in [0.2, 0.25) is 0 Å². The first kappa shape index (κ1) is 9.18. The van der Waals surface area contributed by atoms with Crippen LogP contribution in [0.25, 0.3) is 0 Å². The van der Waals surface area contributed by atoms with Gasteiger partial charge in [0.05, 0.1) is 0 Å². The summed E-state index contributed by atoms with van der Waals surface area (Å²) in [5.41, 5.74) is 5.68. The fourth-order valence-electron chi connectivity index (χ4n) is 1.64. The van der Waals surface area contributed by atoms with Crippen LogP contribution in [0.3, 0.4) is 0 Å². The average molecular weight is 196 g/mol. The number of nitrogen functional groups attached to an aromatic ring is 1. The van der Waals surface area contributed by atoms with Crippen LogP contribution in [0.1, 0.15) is 12.8 Å². The molecule has 2 N–H and O–H groups in total. The largest absolute Gasteiger partial charge is 0.381 e. The van der Waals surface area contributed by atoms with E-state index in [4.69, 9.17) is 5.73 Å². The molecule has 2 rings (SSSR count). The summed E-state index contributed by atoms with van der Waals surface area (Å²) in [5, 5.41) is 0. The first-order valence-electron chi connectivity index (χ1n) is 4.73. The van der Waals surface area contributed by atoms with Crippen LogP contribution in [0.15, 0.2) is 12.4 Å². The lowest BCUT2D eigenvalue weighted by atomic mass is 10.1. The Kier molecular flexibility index (Phi) is 2.47. The summed E-state index contributed by atoms with van der Waals surface area (Å²) in [6, 6.07) is 0. The van der Waals surface area contributed by atoms with Crippen LogP contribution in [0.4, 0.5) is 16.0 Å². The van der Waals surface area contributed by atoms with Gasteiger partial charge < -0.3 is 10.6 Å². The third-order valence-corrected chi connectivity index (χ3v) is 2.43. The molecule has 0 amide bonds. The molecule has 76 valence electrons. The highest BCUT2D eigenvalue weighted by Crippen LogP contribution is 2.22. The van der Waals surface area contributed by atoms with Crippen molar-refractivity contribution in [3.8, 4) is 0 Å². The summed E-state index contributed by atoms with van der Waals surface area (Å²) < 4.78 is 12.9. The quantitative estimate of drug-likeness (QED) is 0.728. The molecule has 1 saturated heterocycles. The predicted molar refractivity (Wildman–Crippen MR) is 52.8 cm³/mol. The summed E-state index contributed by atoms with van der Waals surface area (Å²) in [6.07, 6.45) is 3.59. The number of hydrogen-bond acceptors (Lipinski definition) is 4. The average Bonchev–Trinajstić information content (AvgIpc) is 2.20. The summed E-state index contributed by atoms with van der Waals surface area (Å²) in [7, 11) is 0. The molecular weight excluding hydrogens is 183 g/mol. The number of hydrogen-bond donors (Lipinski definition) is 1. The molecule has 1 aliphatic rings. The second-order valence-electron chi connectivity index (χ2n) is 3.43. The van der Waals surface area contributed by atoms with Crippen molar-refractivity contribution >= 4 is 11.6 Å². The number of aromatic nitrogens is 2. The number of anilines is 2. The summed E-state index contributed by atoms with van der Waals surface area (Å²) in [4.78, 5) is 10.1. The molecule has 0 aliphatic carbocycles. The van der Waals surface area contributed by atoms with E-state index in [2.05, 4.69) is 9.97 Å². The van der Waals surface area contributed by atoms with Gasteiger partial charge in [-0.2, -0.15) is 0 Å². The fraction of sp³-hybridized carbons (Fsp3) is 0.556. The van der Waals surface area contributed by atoms with Gasteiger partial charge in [-0.3, -0.25) is 0 Å². The summed E-state index contributed by atoms with van der Waals surface area (Å²) >= 11 is 0. The van der Waals surface area contributed by atoms with E-state index in [0.717, 1.165) is 0 Å². The van der Waals surface area contributed by atoms with E-state index in [1.807, 2.05) is 4.90 Å². The predicted octanol–water partition coefficient (Wildman–Crippen LogP) is 0.997. The van der Waals surface area contributed by atoms with Crippen molar-refractivity contribution < 1.29 is 4.39 Å². The van der Waals surface area contributed by atoms with Gasteiger partial charge in [0.15, 0.2) is 11.6 Å². The Morgan fingerprint density at radius 2 is 1.93 bits per heavy atom. The van der Waals surface area contributed by atoms with Crippen LogP contribution in [-0.2, 0) is 0 Å². The molecule has 0 saturated carbocycles. The lowest BCUT2D eigenvalue weighted by Crippen LogP contribution is -2.35. The van der Waals surface area contributed by atoms with Gasteiger partial charge in [0.25, 0.3) is 0 Å². The smallest absolute Gasteiger partial charge is 0.171 e. The molecule has 14 heavy (non-hydrogen) atoms. The van der Waals surface area contributed by atoms with Crippen molar-refractivity contribution in [3.05, 3.63) is 12.4 Å². The van der Waals surface area contributed by atoms with E-state index in [1.54, 1.807) is 12.4 Å². The molecule has 0 aromatic carbocycles. The minimum absolute atomic E-state index is 0.421. The zero-order valence-corrected chi connectivity index (χ0v) is 7.86. The molecule has 1 fully saturated rings. The first-order chi connectivity index (χ1) is 6.77. The number of nitrogens with zero attached hydrogens (tertiary/aromatic N) is 3. The zero-order chi connectivity index (χ0) is 9.97. The van der Waals surface area contributed by atoms with Crippen molar-refractivity contribution in [2.75, 3.05) is 23.7 Å². The normalized spacial score (nSPS) is 18.5. The topological polar surface area (TPSA) is 55.0 Å². The molecular formula is C9H13FN4. The van der Waals surface area contributed by atoms with E-state index in [9.17, 15) is 4.39 Å². The van der Waals surface area contributed by atoms with Gasteiger partial charge in [0, 0.05) is 25.5 Å². The van der Waals surface area contributed by atoms with Crippen molar-refractivity contribution in [2.45, 2.75) is 19.0 Å². The van der Waals surface area contributed by atoms with Crippen LogP contribution >= 0.6 is 0 Å². The highest BCUT2D eigenvalue weighted by Gasteiger charge is 2.20. The Morgan fingerprint density at radius 3 is 2.57 bits per heavy atom. The maximum Gasteiger partial charge on any atom is 0.171 e. The van der Waals surface area contributed by atoms with Crippen LogP contribution < -0.4 is 10.6 Å². The molecule has 0 bridgehead atoms. The Bertz CT molecular complexity index is 309. The lowest BCUT2D eigenvalue weighted by Gasteiger charge is -2.29. The van der Waals surface area contributed by atoms with E-state index in [1.165, 1.54) is 0 Å². The fourth-order valence-corrected chi connectivity index (χ4v) is 1.64. The third-order valence-electron chi connectivity index (χ3n) is 2.43. The number of rotatable bonds is 1. The van der Waals surface area contributed by atoms with E-state index in [0.29, 0.717) is 37.6 Å². The van der Waals surface area contributed by atoms with Crippen molar-refractivity contribution in [2.24, 2.45) is 0 Å². The standard InChI is InChI=1S/C9H13FN4/c10-7-1-5-14(6-2-7)9-8(11)12-3-4-13-9/h3-4,7H,1-2,5-6H2,(H2,11,12). The van der Waals surface area contributed by atoms with Crippen LogP contribution in [-0.4, -0.2) is 29.2 Å². The van der Waals surface area contributed by atoms with Crippen LogP contribution in [0.5, 0.6) is 0 Å². The molecule has 1 aliphatic heterocycles. The molecule has 4 nitrogen and oxygen atoms in total. The minimum atomic E-state index is -0.677. The Balaban J connectivity index is 2.12. The van der Waals surface area contributed by atoms with Crippen LogP contribution in [0, 0.1) is 0 Å². The molecule has 1 aromatic heterocycles. The number of alkyl halides is 1. The van der Waals surface area contributed by atoms with Gasteiger partial charge in [0.2, 0.25) is 0 Å². The van der Waals surface area contributed by atoms with Gasteiger partial charge >= 0.3 is 0 Å². The number of halogens is 1. The molecule has 1 aromatic rings. The second-order valence-corrected chi connectivity index (χ2v) is 3.43. The molecule has 0 radical (unpaired) electrons. The van der Waals surface area contributed by atoms with Gasteiger partial charge in [-0.25, -0.2) is 14.4 Å². The SMILES string of the molecule is Nc1nccnc1N1CCC(F)CC1. The van der Waals surface area contributed by atoms with Crippen molar-refractivity contribution in [3.63, 3.8) is 0 Å². The van der Waals surface area contributed by atoms with Gasteiger partial charge in [-0.15, -0.1) is 0 Å².